The lowest BCUT2D eigenvalue weighted by atomic mass is 10.1. The Hall–Kier alpha value is -3.88. The van der Waals surface area contributed by atoms with Crippen LogP contribution in [0.1, 0.15) is 17.3 Å². The van der Waals surface area contributed by atoms with E-state index in [0.717, 1.165) is 5.39 Å². The van der Waals surface area contributed by atoms with Gasteiger partial charge >= 0.3 is 5.97 Å². The zero-order valence-electron chi connectivity index (χ0n) is 16.0. The predicted octanol–water partition coefficient (Wildman–Crippen LogP) is 3.83. The number of esters is 1. The summed E-state index contributed by atoms with van der Waals surface area (Å²) in [6.07, 6.45) is 1.55. The molecular formula is C21H17FN2O6. The molecule has 0 aliphatic rings. The van der Waals surface area contributed by atoms with Crippen molar-refractivity contribution in [3.05, 3.63) is 71.8 Å². The second-order valence-electron chi connectivity index (χ2n) is 6.31. The minimum atomic E-state index is -0.462. The predicted molar refractivity (Wildman–Crippen MR) is 101 cm³/mol. The Morgan fingerprint density at radius 2 is 1.90 bits per heavy atom. The molecular weight excluding hydrogens is 395 g/mol. The highest BCUT2D eigenvalue weighted by Gasteiger charge is 2.14. The number of fused-ring (bicyclic) bond motifs is 1. The molecule has 0 amide bonds. The van der Waals surface area contributed by atoms with E-state index >= 15 is 0 Å². The number of benzene rings is 2. The normalized spacial score (nSPS) is 10.9. The zero-order chi connectivity index (χ0) is 20.9. The average Bonchev–Trinajstić information content (AvgIpc) is 3.38. The summed E-state index contributed by atoms with van der Waals surface area (Å²) in [7, 11) is 1.57. The smallest absolute Gasteiger partial charge is 0.310 e. The number of hydrogen-bond acceptors (Lipinski definition) is 8. The molecule has 2 heterocycles. The maximum Gasteiger partial charge on any atom is 0.310 e. The SMILES string of the molecule is COc1ccc2c(CC(=O)OCc3nc(COc4ccc(F)cc4)no3)coc2c1. The van der Waals surface area contributed by atoms with Crippen LogP contribution in [0.5, 0.6) is 11.5 Å². The first kappa shape index (κ1) is 19.4. The summed E-state index contributed by atoms with van der Waals surface area (Å²) >= 11 is 0. The van der Waals surface area contributed by atoms with Gasteiger partial charge in [-0.25, -0.2) is 4.39 Å². The molecule has 8 nitrogen and oxygen atoms in total. The first-order valence-corrected chi connectivity index (χ1v) is 9.00. The van der Waals surface area contributed by atoms with Gasteiger partial charge in [0, 0.05) is 17.0 Å². The lowest BCUT2D eigenvalue weighted by molar-refractivity contribution is -0.144. The third-order valence-electron chi connectivity index (χ3n) is 4.25. The summed E-state index contributed by atoms with van der Waals surface area (Å²) in [4.78, 5) is 16.3. The van der Waals surface area contributed by atoms with Crippen molar-refractivity contribution in [2.45, 2.75) is 19.6 Å². The van der Waals surface area contributed by atoms with Crippen molar-refractivity contribution >= 4 is 16.9 Å². The topological polar surface area (TPSA) is 96.8 Å². The van der Waals surface area contributed by atoms with E-state index in [0.29, 0.717) is 22.6 Å². The molecule has 0 radical (unpaired) electrons. The number of halogens is 1. The van der Waals surface area contributed by atoms with Crippen molar-refractivity contribution in [2.75, 3.05) is 7.11 Å². The van der Waals surface area contributed by atoms with E-state index in [1.165, 1.54) is 30.5 Å². The van der Waals surface area contributed by atoms with Gasteiger partial charge in [0.05, 0.1) is 19.8 Å². The fourth-order valence-electron chi connectivity index (χ4n) is 2.76. The Bertz CT molecular complexity index is 1150. The molecule has 0 N–H and O–H groups in total. The van der Waals surface area contributed by atoms with Gasteiger partial charge in [-0.2, -0.15) is 4.98 Å². The molecule has 0 spiro atoms. The van der Waals surface area contributed by atoms with Gasteiger partial charge in [0.25, 0.3) is 5.89 Å². The molecule has 0 aliphatic carbocycles. The fraction of sp³-hybridized carbons (Fsp3) is 0.190. The van der Waals surface area contributed by atoms with E-state index in [4.69, 9.17) is 23.2 Å². The number of carbonyl (C=O) groups is 1. The van der Waals surface area contributed by atoms with Crippen LogP contribution in [0.25, 0.3) is 11.0 Å². The summed E-state index contributed by atoms with van der Waals surface area (Å²) in [6, 6.07) is 10.9. The minimum absolute atomic E-state index is 0.0353. The van der Waals surface area contributed by atoms with Crippen molar-refractivity contribution in [1.82, 2.24) is 10.1 Å². The van der Waals surface area contributed by atoms with Crippen LogP contribution < -0.4 is 9.47 Å². The summed E-state index contributed by atoms with van der Waals surface area (Å²) in [5, 5.41) is 4.57. The number of ether oxygens (including phenoxy) is 3. The molecule has 0 saturated carbocycles. The quantitative estimate of drug-likeness (QED) is 0.403. The number of carbonyl (C=O) groups excluding carboxylic acids is 1. The Balaban J connectivity index is 1.28. The summed E-state index contributed by atoms with van der Waals surface area (Å²) in [5.74, 6) is 0.744. The number of hydrogen-bond donors (Lipinski definition) is 0. The highest BCUT2D eigenvalue weighted by Crippen LogP contribution is 2.26. The van der Waals surface area contributed by atoms with Crippen LogP contribution in [0, 0.1) is 5.82 Å². The Kier molecular flexibility index (Phi) is 5.60. The monoisotopic (exact) mass is 412 g/mol. The van der Waals surface area contributed by atoms with Crippen LogP contribution in [-0.4, -0.2) is 23.2 Å². The highest BCUT2D eigenvalue weighted by atomic mass is 19.1. The van der Waals surface area contributed by atoms with Crippen LogP contribution >= 0.6 is 0 Å². The lowest BCUT2D eigenvalue weighted by Gasteiger charge is -2.02. The Labute approximate surface area is 170 Å². The van der Waals surface area contributed by atoms with Crippen LogP contribution in [0.4, 0.5) is 4.39 Å². The maximum absolute atomic E-state index is 12.9. The molecule has 30 heavy (non-hydrogen) atoms. The summed E-state index contributed by atoms with van der Waals surface area (Å²) in [6.45, 7) is -0.125. The lowest BCUT2D eigenvalue weighted by Crippen LogP contribution is -2.08. The molecule has 0 atom stereocenters. The molecule has 0 unspecified atom stereocenters. The van der Waals surface area contributed by atoms with Crippen molar-refractivity contribution in [2.24, 2.45) is 0 Å². The number of nitrogens with zero attached hydrogens (tertiary/aromatic N) is 2. The van der Waals surface area contributed by atoms with Crippen molar-refractivity contribution < 1.29 is 32.3 Å². The molecule has 154 valence electrons. The van der Waals surface area contributed by atoms with Gasteiger partial charge in [-0.05, 0) is 36.4 Å². The van der Waals surface area contributed by atoms with Gasteiger partial charge in [-0.15, -0.1) is 0 Å². The van der Waals surface area contributed by atoms with E-state index < -0.39 is 5.97 Å². The largest absolute Gasteiger partial charge is 0.497 e. The highest BCUT2D eigenvalue weighted by molar-refractivity contribution is 5.86. The zero-order valence-corrected chi connectivity index (χ0v) is 16.0. The fourth-order valence-corrected chi connectivity index (χ4v) is 2.76. The molecule has 0 fully saturated rings. The van der Waals surface area contributed by atoms with Gasteiger partial charge in [-0.3, -0.25) is 4.79 Å². The van der Waals surface area contributed by atoms with Crippen LogP contribution in [0.3, 0.4) is 0 Å². The molecule has 4 aromatic rings. The van der Waals surface area contributed by atoms with Crippen molar-refractivity contribution in [3.8, 4) is 11.5 Å². The van der Waals surface area contributed by atoms with Crippen molar-refractivity contribution in [3.63, 3.8) is 0 Å². The van der Waals surface area contributed by atoms with Crippen LogP contribution in [0.2, 0.25) is 0 Å². The third-order valence-corrected chi connectivity index (χ3v) is 4.25. The Morgan fingerprint density at radius 1 is 1.10 bits per heavy atom. The van der Waals surface area contributed by atoms with E-state index in [1.54, 1.807) is 19.2 Å². The molecule has 0 saturated heterocycles. The first-order valence-electron chi connectivity index (χ1n) is 9.00. The standard InChI is InChI=1S/C21H17FN2O6/c1-26-16-6-7-17-13(10-28-18(17)9-16)8-21(25)29-12-20-23-19(24-30-20)11-27-15-4-2-14(22)3-5-15/h2-7,9-10H,8,11-12H2,1H3. The first-order chi connectivity index (χ1) is 14.6. The average molecular weight is 412 g/mol. The summed E-state index contributed by atoms with van der Waals surface area (Å²) < 4.78 is 39.2. The van der Waals surface area contributed by atoms with Crippen molar-refractivity contribution in [1.29, 1.82) is 0 Å². The molecule has 4 rings (SSSR count). The van der Waals surface area contributed by atoms with E-state index in [9.17, 15) is 9.18 Å². The number of furan rings is 1. The maximum atomic E-state index is 12.9. The van der Waals surface area contributed by atoms with Gasteiger partial charge in [0.15, 0.2) is 13.2 Å². The second-order valence-corrected chi connectivity index (χ2v) is 6.31. The summed E-state index contributed by atoms with van der Waals surface area (Å²) in [5.41, 5.74) is 1.33. The minimum Gasteiger partial charge on any atom is -0.497 e. The van der Waals surface area contributed by atoms with E-state index in [2.05, 4.69) is 10.1 Å². The Morgan fingerprint density at radius 3 is 2.70 bits per heavy atom. The molecule has 0 bridgehead atoms. The number of rotatable bonds is 8. The van der Waals surface area contributed by atoms with E-state index in [-0.39, 0.29) is 37.2 Å². The third kappa shape index (κ3) is 4.57. The molecule has 2 aromatic heterocycles. The van der Waals surface area contributed by atoms with Gasteiger partial charge in [0.1, 0.15) is 22.9 Å². The van der Waals surface area contributed by atoms with E-state index in [1.807, 2.05) is 6.07 Å². The second kappa shape index (κ2) is 8.64. The van der Waals surface area contributed by atoms with Crippen LogP contribution in [-0.2, 0) is 29.2 Å². The van der Waals surface area contributed by atoms with Gasteiger partial charge in [0.2, 0.25) is 5.82 Å². The number of aromatic nitrogens is 2. The number of methoxy groups -OCH3 is 1. The molecule has 9 heteroatoms. The molecule has 0 aliphatic heterocycles. The van der Waals surface area contributed by atoms with Gasteiger partial charge < -0.3 is 23.2 Å². The van der Waals surface area contributed by atoms with Gasteiger partial charge in [-0.1, -0.05) is 5.16 Å². The molecule has 2 aromatic carbocycles. The van der Waals surface area contributed by atoms with Crippen LogP contribution in [0.15, 0.2) is 57.7 Å².